The molecule has 3 saturated heterocycles. The number of benzene rings is 2. The highest BCUT2D eigenvalue weighted by molar-refractivity contribution is 7.13. The number of phenolic OH excluding ortho intramolecular Hbond substituents is 1. The van der Waals surface area contributed by atoms with E-state index < -0.39 is 35.1 Å². The summed E-state index contributed by atoms with van der Waals surface area (Å²) in [4.78, 5) is 65.5. The molecular weight excluding hydrogens is 847 g/mol. The van der Waals surface area contributed by atoms with E-state index in [1.165, 1.54) is 4.90 Å². The lowest BCUT2D eigenvalue weighted by atomic mass is 9.85. The van der Waals surface area contributed by atoms with Gasteiger partial charge in [-0.3, -0.25) is 19.2 Å². The van der Waals surface area contributed by atoms with E-state index in [4.69, 9.17) is 10.5 Å². The number of nitrogens with one attached hydrogen (secondary N) is 2. The Hall–Kier alpha value is -5.65. The highest BCUT2D eigenvalue weighted by Gasteiger charge is 2.45. The van der Waals surface area contributed by atoms with Crippen molar-refractivity contribution in [2.75, 3.05) is 50.0 Å². The first-order chi connectivity index (χ1) is 31.0. The molecule has 4 amide bonds. The fourth-order valence-electron chi connectivity index (χ4n) is 9.13. The topological polar surface area (TPSA) is 216 Å². The van der Waals surface area contributed by atoms with Crippen molar-refractivity contribution in [3.05, 3.63) is 71.4 Å². The van der Waals surface area contributed by atoms with Gasteiger partial charge < -0.3 is 46.0 Å². The maximum absolute atomic E-state index is 14.1. The van der Waals surface area contributed by atoms with Gasteiger partial charge in [0.15, 0.2) is 5.82 Å². The number of aryl methyl sites for hydroxylation is 1. The summed E-state index contributed by atoms with van der Waals surface area (Å²) in [6.07, 6.45) is 3.00. The summed E-state index contributed by atoms with van der Waals surface area (Å²) in [6.45, 7) is 12.2. The number of β-amino-alcohol motifs (C(OH)–C–C–N with tert-alkyl or cyclic N) is 1. The Balaban J connectivity index is 0.852. The number of hydrogen-bond donors (Lipinski definition) is 5. The van der Waals surface area contributed by atoms with E-state index in [0.29, 0.717) is 88.4 Å². The second-order valence-corrected chi connectivity index (χ2v) is 19.6. The normalized spacial score (nSPS) is 19.5. The number of likely N-dealkylation sites (tertiary alicyclic amines) is 1. The van der Waals surface area contributed by atoms with E-state index in [9.17, 15) is 29.4 Å². The fraction of sp³-hybridized carbons (Fsp3) is 0.521. The van der Waals surface area contributed by atoms with Crippen molar-refractivity contribution < 1.29 is 34.1 Å². The van der Waals surface area contributed by atoms with Crippen LogP contribution >= 0.6 is 11.3 Å². The molecule has 348 valence electrons. The Morgan fingerprint density at radius 3 is 2.40 bits per heavy atom. The summed E-state index contributed by atoms with van der Waals surface area (Å²) in [7, 11) is 0. The van der Waals surface area contributed by atoms with Crippen LogP contribution < -0.4 is 21.3 Å². The zero-order chi connectivity index (χ0) is 46.5. The van der Waals surface area contributed by atoms with Crippen molar-refractivity contribution in [1.82, 2.24) is 35.6 Å². The van der Waals surface area contributed by atoms with Crippen LogP contribution in [0.1, 0.15) is 96.4 Å². The second-order valence-electron chi connectivity index (χ2n) is 18.8. The number of para-hydroxylation sites is 1. The van der Waals surface area contributed by atoms with Crippen LogP contribution in [0.4, 0.5) is 11.5 Å². The van der Waals surface area contributed by atoms with Crippen molar-refractivity contribution in [3.63, 3.8) is 0 Å². The van der Waals surface area contributed by atoms with Gasteiger partial charge in [-0.2, -0.15) is 0 Å². The minimum absolute atomic E-state index is 0.00541. The number of nitrogens with two attached hydrogens (primary N) is 1. The summed E-state index contributed by atoms with van der Waals surface area (Å²) >= 11 is 1.58. The molecule has 0 aliphatic carbocycles. The molecule has 1 spiro atoms. The van der Waals surface area contributed by atoms with Gasteiger partial charge >= 0.3 is 0 Å². The average Bonchev–Trinajstić information content (AvgIpc) is 3.90. The Morgan fingerprint density at radius 2 is 1.71 bits per heavy atom. The lowest BCUT2D eigenvalue weighted by molar-refractivity contribution is -0.154. The average molecular weight is 910 g/mol. The van der Waals surface area contributed by atoms with Crippen LogP contribution in [-0.2, 0) is 23.9 Å². The van der Waals surface area contributed by atoms with E-state index in [1.807, 2.05) is 81.4 Å². The van der Waals surface area contributed by atoms with E-state index in [-0.39, 0.29) is 48.9 Å². The van der Waals surface area contributed by atoms with Gasteiger partial charge in [0.1, 0.15) is 17.8 Å². The molecular formula is C48H63N9O7S. The smallest absolute Gasteiger partial charge is 0.246 e. The van der Waals surface area contributed by atoms with Crippen molar-refractivity contribution in [2.45, 2.75) is 116 Å². The number of unbranched alkanes of at least 4 members (excludes halogenated alkanes) is 2. The number of rotatable bonds is 14. The fourth-order valence-corrected chi connectivity index (χ4v) is 9.94. The number of ether oxygens (including phenoxy) is 1. The number of morpholine rings is 1. The molecule has 4 aromatic rings. The number of aromatic nitrogens is 3. The number of phenols is 1. The number of aromatic hydroxyl groups is 1. The molecule has 6 N–H and O–H groups in total. The number of aliphatic hydroxyl groups excluding tert-OH is 1. The molecule has 3 aliphatic heterocycles. The predicted octanol–water partition coefficient (Wildman–Crippen LogP) is 5.38. The molecule has 3 fully saturated rings. The zero-order valence-electron chi connectivity index (χ0n) is 38.1. The van der Waals surface area contributed by atoms with Crippen LogP contribution in [0.15, 0.2) is 60.1 Å². The summed E-state index contributed by atoms with van der Waals surface area (Å²) in [5.74, 6) is -0.558. The Labute approximate surface area is 385 Å². The molecule has 0 radical (unpaired) electrons. The third kappa shape index (κ3) is 11.2. The molecule has 7 rings (SSSR count). The van der Waals surface area contributed by atoms with Crippen molar-refractivity contribution in [2.24, 2.45) is 5.41 Å². The first kappa shape index (κ1) is 47.3. The third-order valence-electron chi connectivity index (χ3n) is 13.0. The Kier molecular flexibility index (Phi) is 14.7. The molecule has 2 aromatic carbocycles. The number of nitrogens with zero attached hydrogens (tertiary/aromatic N) is 6. The number of thiazole rings is 1. The highest BCUT2D eigenvalue weighted by atomic mass is 32.1. The predicted molar refractivity (Wildman–Crippen MR) is 250 cm³/mol. The van der Waals surface area contributed by atoms with Crippen molar-refractivity contribution >= 4 is 46.5 Å². The number of aliphatic hydroxyl groups is 1. The van der Waals surface area contributed by atoms with Gasteiger partial charge in [0.05, 0.1) is 51.8 Å². The standard InChI is InChI=1S/C48H63N9O7S/c1-30(32-15-17-33(18-16-32)42-31(2)50-29-65-42)51-45(62)38-25-34(58)27-57(38)46(63)43(47(3,4)5)52-40(60)13-7-6-8-14-41(61)56-23-24-64-48(28-56)19-21-55(22-20-48)37-26-36(53-54-44(37)49)35-11-9-10-12-39(35)59/h9-12,15-18,26,29-30,34,38,43,58-59H,6-8,13-14,19-25,27-28H2,1-5H3,(H2,49,54)(H,51,62)(H,52,60)/t30-,34+,38-,43+/m0/s1. The van der Waals surface area contributed by atoms with Gasteiger partial charge in [-0.05, 0) is 74.3 Å². The lowest BCUT2D eigenvalue weighted by Gasteiger charge is -2.47. The van der Waals surface area contributed by atoms with Gasteiger partial charge in [-0.15, -0.1) is 21.5 Å². The number of piperidine rings is 1. The molecule has 0 saturated carbocycles. The SMILES string of the molecule is Cc1ncsc1-c1ccc([C@H](C)NC(=O)[C@@H]2C[C@@H](O)CN2C(=O)[C@@H](NC(=O)CCCCCC(=O)N2CCOC3(CCN(c4cc(-c5ccccc5O)nnc4N)CC3)C2)C(C)(C)C)cc1. The summed E-state index contributed by atoms with van der Waals surface area (Å²) < 4.78 is 6.34. The van der Waals surface area contributed by atoms with E-state index >= 15 is 0 Å². The zero-order valence-corrected chi connectivity index (χ0v) is 38.9. The maximum atomic E-state index is 14.1. The molecule has 4 atom stereocenters. The molecule has 0 unspecified atom stereocenters. The van der Waals surface area contributed by atoms with Crippen LogP contribution in [0.2, 0.25) is 0 Å². The highest BCUT2D eigenvalue weighted by Crippen LogP contribution is 2.37. The Morgan fingerprint density at radius 1 is 0.985 bits per heavy atom. The van der Waals surface area contributed by atoms with Crippen molar-refractivity contribution in [3.8, 4) is 27.4 Å². The molecule has 3 aliphatic rings. The molecule has 5 heterocycles. The summed E-state index contributed by atoms with van der Waals surface area (Å²) in [5, 5.41) is 35.4. The van der Waals surface area contributed by atoms with E-state index in [2.05, 4.69) is 30.7 Å². The number of amides is 4. The van der Waals surface area contributed by atoms with Crippen LogP contribution in [-0.4, -0.2) is 122 Å². The first-order valence-corrected chi connectivity index (χ1v) is 23.6. The summed E-state index contributed by atoms with van der Waals surface area (Å²) in [5.41, 5.74) is 11.7. The third-order valence-corrected chi connectivity index (χ3v) is 13.9. The number of carbonyl (C=O) groups excluding carboxylic acids is 4. The molecule has 0 bridgehead atoms. The molecule has 16 nitrogen and oxygen atoms in total. The minimum Gasteiger partial charge on any atom is -0.507 e. The number of nitrogen functional groups attached to an aromatic ring is 1. The number of hydrogen-bond acceptors (Lipinski definition) is 13. The van der Waals surface area contributed by atoms with Gasteiger partial charge in [0.2, 0.25) is 23.6 Å². The molecule has 65 heavy (non-hydrogen) atoms. The van der Waals surface area contributed by atoms with Crippen LogP contribution in [0.3, 0.4) is 0 Å². The van der Waals surface area contributed by atoms with Crippen LogP contribution in [0.5, 0.6) is 5.75 Å². The first-order valence-electron chi connectivity index (χ1n) is 22.7. The van der Waals surface area contributed by atoms with E-state index in [1.54, 1.807) is 29.5 Å². The largest absolute Gasteiger partial charge is 0.507 e. The van der Waals surface area contributed by atoms with Gasteiger partial charge in [0, 0.05) is 57.5 Å². The minimum atomic E-state index is -0.919. The van der Waals surface area contributed by atoms with Crippen molar-refractivity contribution in [1.29, 1.82) is 0 Å². The molecule has 17 heteroatoms. The Bertz CT molecular complexity index is 2330. The summed E-state index contributed by atoms with van der Waals surface area (Å²) in [6, 6.07) is 14.6. The van der Waals surface area contributed by atoms with Crippen LogP contribution in [0.25, 0.3) is 21.7 Å². The number of carbonyl (C=O) groups is 4. The molecule has 2 aromatic heterocycles. The van der Waals surface area contributed by atoms with Gasteiger partial charge in [0.25, 0.3) is 0 Å². The van der Waals surface area contributed by atoms with Gasteiger partial charge in [-0.25, -0.2) is 4.98 Å². The maximum Gasteiger partial charge on any atom is 0.246 e. The number of anilines is 2. The second kappa shape index (κ2) is 20.3. The monoisotopic (exact) mass is 909 g/mol. The van der Waals surface area contributed by atoms with Gasteiger partial charge in [-0.1, -0.05) is 63.6 Å². The van der Waals surface area contributed by atoms with E-state index in [0.717, 1.165) is 27.4 Å². The van der Waals surface area contributed by atoms with Crippen LogP contribution in [0, 0.1) is 12.3 Å². The quantitative estimate of drug-likeness (QED) is 0.101. The lowest BCUT2D eigenvalue weighted by Crippen LogP contribution is -2.58.